The Balaban J connectivity index is 1.66. The lowest BCUT2D eigenvalue weighted by atomic mass is 9.87. The van der Waals surface area contributed by atoms with Crippen LogP contribution in [0.2, 0.25) is 5.02 Å². The summed E-state index contributed by atoms with van der Waals surface area (Å²) in [5, 5.41) is 0.697. The van der Waals surface area contributed by atoms with Gasteiger partial charge in [-0.25, -0.2) is 4.79 Å². The summed E-state index contributed by atoms with van der Waals surface area (Å²) in [6.45, 7) is 3.24. The maximum atomic E-state index is 12.3. The topological polar surface area (TPSA) is 55.6 Å². The smallest absolute Gasteiger partial charge is 0.410 e. The van der Waals surface area contributed by atoms with E-state index in [1.165, 1.54) is 0 Å². The Morgan fingerprint density at radius 3 is 2.75 bits per heavy atom. The largest absolute Gasteiger partial charge is 0.445 e. The molecule has 24 heavy (non-hydrogen) atoms. The number of nitrogens with zero attached hydrogens (tertiary/aromatic N) is 1. The van der Waals surface area contributed by atoms with Crippen molar-refractivity contribution in [3.8, 4) is 0 Å². The number of amides is 1. The van der Waals surface area contributed by atoms with Crippen LogP contribution in [0, 0.1) is 6.92 Å². The van der Waals surface area contributed by atoms with Gasteiger partial charge in [0.2, 0.25) is 0 Å². The number of benzene rings is 2. The summed E-state index contributed by atoms with van der Waals surface area (Å²) in [5.74, 6) is 0. The van der Waals surface area contributed by atoms with Crippen molar-refractivity contribution in [1.82, 2.24) is 4.90 Å². The van der Waals surface area contributed by atoms with E-state index < -0.39 is 5.54 Å². The van der Waals surface area contributed by atoms with Gasteiger partial charge in [-0.05, 0) is 36.1 Å². The van der Waals surface area contributed by atoms with Crippen LogP contribution in [-0.4, -0.2) is 24.1 Å². The molecule has 0 spiro atoms. The average Bonchev–Trinajstić information content (AvgIpc) is 2.99. The summed E-state index contributed by atoms with van der Waals surface area (Å²) in [6, 6.07) is 15.4. The highest BCUT2D eigenvalue weighted by molar-refractivity contribution is 6.31. The number of hydrogen-bond acceptors (Lipinski definition) is 3. The molecule has 0 aromatic heterocycles. The number of likely N-dealkylation sites (tertiary alicyclic amines) is 1. The van der Waals surface area contributed by atoms with Gasteiger partial charge in [0, 0.05) is 18.1 Å². The van der Waals surface area contributed by atoms with E-state index in [9.17, 15) is 4.79 Å². The SMILES string of the molecule is Cc1c(Cl)cccc1C1(N)CCN(C(=O)OCc2ccccc2)C1. The molecule has 1 aliphatic rings. The molecule has 1 aliphatic heterocycles. The van der Waals surface area contributed by atoms with E-state index in [4.69, 9.17) is 22.1 Å². The van der Waals surface area contributed by atoms with Gasteiger partial charge in [-0.3, -0.25) is 0 Å². The summed E-state index contributed by atoms with van der Waals surface area (Å²) >= 11 is 6.21. The van der Waals surface area contributed by atoms with E-state index in [0.29, 0.717) is 24.5 Å². The molecule has 1 saturated heterocycles. The maximum absolute atomic E-state index is 12.3. The Labute approximate surface area is 147 Å². The molecule has 2 aromatic rings. The van der Waals surface area contributed by atoms with Crippen LogP contribution in [0.5, 0.6) is 0 Å². The minimum absolute atomic E-state index is 0.268. The quantitative estimate of drug-likeness (QED) is 0.920. The Bertz CT molecular complexity index is 735. The van der Waals surface area contributed by atoms with Crippen molar-refractivity contribution in [1.29, 1.82) is 0 Å². The predicted molar refractivity (Wildman–Crippen MR) is 94.9 cm³/mol. The van der Waals surface area contributed by atoms with Crippen molar-refractivity contribution in [3.05, 3.63) is 70.2 Å². The van der Waals surface area contributed by atoms with Crippen molar-refractivity contribution in [2.24, 2.45) is 5.73 Å². The number of nitrogens with two attached hydrogens (primary N) is 1. The first-order valence-corrected chi connectivity index (χ1v) is 8.37. The molecule has 3 rings (SSSR count). The fourth-order valence-corrected chi connectivity index (χ4v) is 3.34. The van der Waals surface area contributed by atoms with Crippen LogP contribution in [0.4, 0.5) is 4.79 Å². The second kappa shape index (κ2) is 6.83. The van der Waals surface area contributed by atoms with Gasteiger partial charge in [0.15, 0.2) is 0 Å². The molecule has 5 heteroatoms. The summed E-state index contributed by atoms with van der Waals surface area (Å²) in [6.07, 6.45) is 0.361. The molecular weight excluding hydrogens is 324 g/mol. The zero-order valence-corrected chi connectivity index (χ0v) is 14.4. The molecule has 2 N–H and O–H groups in total. The van der Waals surface area contributed by atoms with Gasteiger partial charge in [0.1, 0.15) is 6.61 Å². The third-order valence-corrected chi connectivity index (χ3v) is 4.98. The van der Waals surface area contributed by atoms with E-state index >= 15 is 0 Å². The van der Waals surface area contributed by atoms with Crippen molar-refractivity contribution < 1.29 is 9.53 Å². The summed E-state index contributed by atoms with van der Waals surface area (Å²) in [7, 11) is 0. The second-order valence-electron chi connectivity index (χ2n) is 6.28. The highest BCUT2D eigenvalue weighted by atomic mass is 35.5. The van der Waals surface area contributed by atoms with Crippen molar-refractivity contribution >= 4 is 17.7 Å². The van der Waals surface area contributed by atoms with Crippen LogP contribution >= 0.6 is 11.6 Å². The lowest BCUT2D eigenvalue weighted by Crippen LogP contribution is -2.41. The monoisotopic (exact) mass is 344 g/mol. The van der Waals surface area contributed by atoms with E-state index in [-0.39, 0.29) is 12.7 Å². The minimum atomic E-state index is -0.583. The molecule has 4 nitrogen and oxygen atoms in total. The van der Waals surface area contributed by atoms with Gasteiger partial charge in [-0.1, -0.05) is 54.1 Å². The molecule has 1 atom stereocenters. The molecule has 0 bridgehead atoms. The zero-order chi connectivity index (χ0) is 17.2. The highest BCUT2D eigenvalue weighted by Crippen LogP contribution is 2.34. The molecule has 0 saturated carbocycles. The van der Waals surface area contributed by atoms with Gasteiger partial charge >= 0.3 is 6.09 Å². The van der Waals surface area contributed by atoms with Crippen LogP contribution in [-0.2, 0) is 16.9 Å². The number of rotatable bonds is 3. The van der Waals surface area contributed by atoms with Gasteiger partial charge < -0.3 is 15.4 Å². The summed E-state index contributed by atoms with van der Waals surface area (Å²) in [5.41, 5.74) is 8.93. The Hall–Kier alpha value is -2.04. The van der Waals surface area contributed by atoms with Gasteiger partial charge in [0.25, 0.3) is 0 Å². The summed E-state index contributed by atoms with van der Waals surface area (Å²) in [4.78, 5) is 14.0. The molecule has 2 aromatic carbocycles. The number of carbonyl (C=O) groups excluding carboxylic acids is 1. The van der Waals surface area contributed by atoms with Gasteiger partial charge in [0.05, 0.1) is 5.54 Å². The first kappa shape index (κ1) is 16.8. The Morgan fingerprint density at radius 1 is 1.25 bits per heavy atom. The molecule has 0 aliphatic carbocycles. The molecule has 1 unspecified atom stereocenters. The van der Waals surface area contributed by atoms with Crippen LogP contribution in [0.15, 0.2) is 48.5 Å². The van der Waals surface area contributed by atoms with E-state index in [1.54, 1.807) is 4.90 Å². The molecular formula is C19H21ClN2O2. The first-order chi connectivity index (χ1) is 11.5. The van der Waals surface area contributed by atoms with Crippen LogP contribution < -0.4 is 5.73 Å². The van der Waals surface area contributed by atoms with Crippen LogP contribution in [0.25, 0.3) is 0 Å². The normalized spacial score (nSPS) is 20.2. The van der Waals surface area contributed by atoms with Crippen molar-refractivity contribution in [2.45, 2.75) is 25.5 Å². The van der Waals surface area contributed by atoms with E-state index in [1.807, 2.05) is 55.5 Å². The molecule has 1 amide bonds. The number of carbonyl (C=O) groups is 1. The number of halogens is 1. The fraction of sp³-hybridized carbons (Fsp3) is 0.316. The lowest BCUT2D eigenvalue weighted by molar-refractivity contribution is 0.102. The first-order valence-electron chi connectivity index (χ1n) is 8.00. The maximum Gasteiger partial charge on any atom is 0.410 e. The van der Waals surface area contributed by atoms with E-state index in [0.717, 1.165) is 16.7 Å². The zero-order valence-electron chi connectivity index (χ0n) is 13.7. The van der Waals surface area contributed by atoms with Gasteiger partial charge in [-0.15, -0.1) is 0 Å². The van der Waals surface area contributed by atoms with Crippen LogP contribution in [0.3, 0.4) is 0 Å². The standard InChI is InChI=1S/C19H21ClN2O2/c1-14-16(8-5-9-17(14)20)19(21)10-11-22(13-19)18(23)24-12-15-6-3-2-4-7-15/h2-9H,10-13,21H2,1H3. The van der Waals surface area contributed by atoms with Crippen molar-refractivity contribution in [3.63, 3.8) is 0 Å². The molecule has 1 heterocycles. The van der Waals surface area contributed by atoms with E-state index in [2.05, 4.69) is 0 Å². The van der Waals surface area contributed by atoms with Crippen LogP contribution in [0.1, 0.15) is 23.1 Å². The lowest BCUT2D eigenvalue weighted by Gasteiger charge is -2.27. The Kier molecular flexibility index (Phi) is 4.78. The second-order valence-corrected chi connectivity index (χ2v) is 6.69. The number of hydrogen-bond donors (Lipinski definition) is 1. The third-order valence-electron chi connectivity index (χ3n) is 4.57. The average molecular weight is 345 g/mol. The molecule has 0 radical (unpaired) electrons. The minimum Gasteiger partial charge on any atom is -0.445 e. The number of ether oxygens (including phenoxy) is 1. The highest BCUT2D eigenvalue weighted by Gasteiger charge is 2.39. The Morgan fingerprint density at radius 2 is 2.00 bits per heavy atom. The summed E-state index contributed by atoms with van der Waals surface area (Å²) < 4.78 is 5.40. The molecule has 126 valence electrons. The third kappa shape index (κ3) is 3.40. The van der Waals surface area contributed by atoms with Gasteiger partial charge in [-0.2, -0.15) is 0 Å². The van der Waals surface area contributed by atoms with Crippen molar-refractivity contribution in [2.75, 3.05) is 13.1 Å². The molecule has 1 fully saturated rings. The fourth-order valence-electron chi connectivity index (χ4n) is 3.17. The predicted octanol–water partition coefficient (Wildman–Crippen LogP) is 3.84.